The Bertz CT molecular complexity index is 1630. The monoisotopic (exact) mass is 676 g/mol. The lowest BCUT2D eigenvalue weighted by Crippen LogP contribution is -2.38. The number of halogens is 2. The Labute approximate surface area is 285 Å². The van der Waals surface area contributed by atoms with Crippen molar-refractivity contribution >= 4 is 29.4 Å². The second-order valence-corrected chi connectivity index (χ2v) is 13.6. The Balaban J connectivity index is 1.28. The zero-order valence-electron chi connectivity index (χ0n) is 27.2. The molecule has 2 fully saturated rings. The van der Waals surface area contributed by atoms with Gasteiger partial charge in [0.1, 0.15) is 12.4 Å². The van der Waals surface area contributed by atoms with E-state index in [1.807, 2.05) is 36.4 Å². The third kappa shape index (κ3) is 7.52. The molecule has 6 rings (SSSR count). The number of methoxy groups -OCH3 is 1. The average molecular weight is 677 g/mol. The maximum atomic E-state index is 14.5. The lowest BCUT2D eigenvalue weighted by Gasteiger charge is -2.41. The minimum absolute atomic E-state index is 0.0148. The van der Waals surface area contributed by atoms with Crippen LogP contribution in [-0.2, 0) is 27.2 Å². The van der Waals surface area contributed by atoms with Gasteiger partial charge in [0.05, 0.1) is 24.6 Å². The van der Waals surface area contributed by atoms with E-state index in [4.69, 9.17) is 21.1 Å². The summed E-state index contributed by atoms with van der Waals surface area (Å²) in [4.78, 5) is 39.5. The number of hydrogen-bond acceptors (Lipinski definition) is 6. The summed E-state index contributed by atoms with van der Waals surface area (Å²) in [5, 5.41) is 9.74. The van der Waals surface area contributed by atoms with E-state index in [0.29, 0.717) is 36.7 Å². The van der Waals surface area contributed by atoms with E-state index in [-0.39, 0.29) is 60.8 Å². The van der Waals surface area contributed by atoms with Gasteiger partial charge in [0, 0.05) is 31.5 Å². The molecule has 2 unspecified atom stereocenters. The van der Waals surface area contributed by atoms with E-state index in [0.717, 1.165) is 54.5 Å². The van der Waals surface area contributed by atoms with Crippen molar-refractivity contribution in [2.24, 2.45) is 11.8 Å². The number of aryl methyl sites for hydroxylation is 1. The second kappa shape index (κ2) is 15.1. The first kappa shape index (κ1) is 33.9. The molecule has 2 atom stereocenters. The number of carboxylic acid groups (broad SMARTS) is 1. The van der Waals surface area contributed by atoms with Crippen LogP contribution >= 0.6 is 11.6 Å². The summed E-state index contributed by atoms with van der Waals surface area (Å²) in [6.45, 7) is 1.14. The van der Waals surface area contributed by atoms with Crippen LogP contribution in [0.3, 0.4) is 0 Å². The van der Waals surface area contributed by atoms with Crippen LogP contribution in [0.2, 0.25) is 5.02 Å². The van der Waals surface area contributed by atoms with Gasteiger partial charge in [-0.25, -0.2) is 4.39 Å². The minimum atomic E-state index is -0.715. The van der Waals surface area contributed by atoms with Gasteiger partial charge in [-0.2, -0.15) is 0 Å². The van der Waals surface area contributed by atoms with Crippen molar-refractivity contribution in [3.63, 3.8) is 0 Å². The van der Waals surface area contributed by atoms with Crippen molar-refractivity contribution in [1.82, 2.24) is 9.80 Å². The molecule has 0 radical (unpaired) electrons. The van der Waals surface area contributed by atoms with Crippen LogP contribution in [-0.4, -0.2) is 59.5 Å². The molecule has 0 aromatic heterocycles. The van der Waals surface area contributed by atoms with E-state index in [1.54, 1.807) is 19.2 Å². The number of fused-ring (bicyclic) bond motifs is 1. The summed E-state index contributed by atoms with van der Waals surface area (Å²) in [6.07, 6.45) is 5.76. The molecule has 8 nitrogen and oxygen atoms in total. The first-order chi connectivity index (χ1) is 23.2. The van der Waals surface area contributed by atoms with E-state index in [2.05, 4.69) is 17.0 Å². The number of carbonyl (C=O) groups excluding carboxylic acids is 2. The highest BCUT2D eigenvalue weighted by molar-refractivity contribution is 6.30. The molecule has 2 amide bonds. The van der Waals surface area contributed by atoms with Crippen molar-refractivity contribution in [3.8, 4) is 11.5 Å². The molecule has 3 aliphatic rings. The Morgan fingerprint density at radius 3 is 2.40 bits per heavy atom. The van der Waals surface area contributed by atoms with E-state index >= 15 is 0 Å². The molecule has 3 aromatic rings. The normalized spacial score (nSPS) is 21.4. The summed E-state index contributed by atoms with van der Waals surface area (Å²) in [7, 11) is 1.59. The Kier molecular flexibility index (Phi) is 10.7. The van der Waals surface area contributed by atoms with Crippen molar-refractivity contribution in [1.29, 1.82) is 0 Å². The third-order valence-electron chi connectivity index (χ3n) is 10.3. The van der Waals surface area contributed by atoms with Crippen LogP contribution < -0.4 is 9.47 Å². The smallest absolute Gasteiger partial charge is 0.306 e. The zero-order chi connectivity index (χ0) is 33.8. The number of amides is 2. The summed E-state index contributed by atoms with van der Waals surface area (Å²) in [6, 6.07) is 19.6. The van der Waals surface area contributed by atoms with Gasteiger partial charge in [-0.05, 0) is 97.4 Å². The number of aliphatic carboxylic acids is 1. The Morgan fingerprint density at radius 2 is 1.71 bits per heavy atom. The van der Waals surface area contributed by atoms with Gasteiger partial charge < -0.3 is 14.6 Å². The molecule has 1 saturated heterocycles. The van der Waals surface area contributed by atoms with Crippen LogP contribution in [0.25, 0.3) is 0 Å². The maximum absolute atomic E-state index is 14.5. The number of likely N-dealkylation sites (tertiary alicyclic amines) is 1. The van der Waals surface area contributed by atoms with Crippen LogP contribution in [0, 0.1) is 17.7 Å². The van der Waals surface area contributed by atoms with Gasteiger partial charge in [0.25, 0.3) is 0 Å². The second-order valence-electron chi connectivity index (χ2n) is 13.2. The largest absolute Gasteiger partial charge is 0.493 e. The summed E-state index contributed by atoms with van der Waals surface area (Å²) in [5.41, 5.74) is 4.22. The summed E-state index contributed by atoms with van der Waals surface area (Å²) < 4.78 is 26.2. The third-order valence-corrected chi connectivity index (χ3v) is 10.6. The quantitative estimate of drug-likeness (QED) is 0.192. The predicted molar refractivity (Wildman–Crippen MR) is 180 cm³/mol. The molecule has 1 N–H and O–H groups in total. The first-order valence-electron chi connectivity index (χ1n) is 16.9. The number of rotatable bonds is 13. The highest BCUT2D eigenvalue weighted by Gasteiger charge is 2.37. The SMILES string of the molecule is COc1cc(CC(c2ccccc2)N(CC2CCC(C(=O)O)CC2)C2CCc3cc(F)c(Cl)cc32)ccc1OCCN1C(=O)CCC1=O. The van der Waals surface area contributed by atoms with Crippen LogP contribution in [0.4, 0.5) is 4.39 Å². The number of hydrogen-bond donors (Lipinski definition) is 1. The zero-order valence-corrected chi connectivity index (χ0v) is 28.0. The van der Waals surface area contributed by atoms with Crippen molar-refractivity contribution in [3.05, 3.63) is 93.8 Å². The minimum Gasteiger partial charge on any atom is -0.493 e. The molecular weight excluding hydrogens is 635 g/mol. The fraction of sp³-hybridized carbons (Fsp3) is 0.447. The highest BCUT2D eigenvalue weighted by atomic mass is 35.5. The van der Waals surface area contributed by atoms with E-state index < -0.39 is 11.8 Å². The number of ether oxygens (including phenoxy) is 2. The fourth-order valence-electron chi connectivity index (χ4n) is 7.69. The number of carboxylic acids is 1. The molecule has 3 aromatic carbocycles. The lowest BCUT2D eigenvalue weighted by atomic mass is 9.81. The molecule has 48 heavy (non-hydrogen) atoms. The van der Waals surface area contributed by atoms with Crippen LogP contribution in [0.1, 0.15) is 79.3 Å². The molecule has 0 bridgehead atoms. The average Bonchev–Trinajstić information content (AvgIpc) is 3.64. The van der Waals surface area contributed by atoms with E-state index in [9.17, 15) is 23.9 Å². The van der Waals surface area contributed by atoms with Crippen molar-refractivity contribution in [2.45, 2.75) is 69.9 Å². The molecule has 2 aliphatic carbocycles. The molecule has 254 valence electrons. The van der Waals surface area contributed by atoms with Gasteiger partial charge >= 0.3 is 5.97 Å². The summed E-state index contributed by atoms with van der Waals surface area (Å²) >= 11 is 6.35. The number of nitrogens with zero attached hydrogens (tertiary/aromatic N) is 2. The van der Waals surface area contributed by atoms with Crippen LogP contribution in [0.5, 0.6) is 11.5 Å². The Morgan fingerprint density at radius 1 is 0.979 bits per heavy atom. The van der Waals surface area contributed by atoms with Crippen molar-refractivity contribution < 1.29 is 33.4 Å². The molecule has 1 aliphatic heterocycles. The van der Waals surface area contributed by atoms with Gasteiger partial charge in [0.2, 0.25) is 11.8 Å². The van der Waals surface area contributed by atoms with Crippen molar-refractivity contribution in [2.75, 3.05) is 26.8 Å². The number of imide groups is 1. The number of carbonyl (C=O) groups is 3. The molecule has 1 heterocycles. The maximum Gasteiger partial charge on any atom is 0.306 e. The first-order valence-corrected chi connectivity index (χ1v) is 17.2. The van der Waals surface area contributed by atoms with Gasteiger partial charge in [-0.15, -0.1) is 0 Å². The summed E-state index contributed by atoms with van der Waals surface area (Å²) in [5.74, 6) is -0.333. The van der Waals surface area contributed by atoms with Gasteiger partial charge in [0.15, 0.2) is 11.5 Å². The highest BCUT2D eigenvalue weighted by Crippen LogP contribution is 2.45. The Hall–Kier alpha value is -3.95. The van der Waals surface area contributed by atoms with Crippen LogP contribution in [0.15, 0.2) is 60.7 Å². The molecule has 0 spiro atoms. The molecule has 10 heteroatoms. The number of benzene rings is 3. The molecule has 1 saturated carbocycles. The van der Waals surface area contributed by atoms with E-state index in [1.165, 1.54) is 4.90 Å². The predicted octanol–water partition coefficient (Wildman–Crippen LogP) is 7.18. The molecular formula is C38H42ClFN2O6. The standard InChI is InChI=1S/C38H42ClFN2O6/c1-47-35-20-25(9-14-34(35)48-18-17-41-36(43)15-16-37(41)44)19-33(26-5-3-2-4-6-26)42(23-24-7-10-27(11-8-24)38(45)46)32-13-12-28-21-31(40)30(39)22-29(28)32/h2-6,9,14,20-22,24,27,32-33H,7-8,10-13,15-19,23H2,1H3,(H,45,46). The lowest BCUT2D eigenvalue weighted by molar-refractivity contribution is -0.143. The van der Waals surface area contributed by atoms with Gasteiger partial charge in [-0.1, -0.05) is 48.0 Å². The topological polar surface area (TPSA) is 96.4 Å². The fourth-order valence-corrected chi connectivity index (χ4v) is 7.86. The van der Waals surface area contributed by atoms with Gasteiger partial charge in [-0.3, -0.25) is 24.2 Å².